The molecule has 0 aliphatic carbocycles. The Kier molecular flexibility index (Phi) is 2.46. The fourth-order valence-corrected chi connectivity index (χ4v) is 1.15. The van der Waals surface area contributed by atoms with E-state index in [1.54, 1.807) is 24.7 Å². The maximum absolute atomic E-state index is 8.87. The van der Waals surface area contributed by atoms with Gasteiger partial charge in [-0.15, -0.1) is 0 Å². The molecule has 0 amide bonds. The molecule has 0 aliphatic heterocycles. The van der Waals surface area contributed by atoms with Crippen LogP contribution in [0.4, 0.5) is 0 Å². The van der Waals surface area contributed by atoms with Gasteiger partial charge in [0.25, 0.3) is 0 Å². The van der Waals surface area contributed by atoms with Gasteiger partial charge in [0.15, 0.2) is 5.82 Å². The van der Waals surface area contributed by atoms with Crippen molar-refractivity contribution >= 4 is 0 Å². The standard InChI is InChI=1S/C10H9N3O/c14-7-10-12-5-3-9(13-10)8-2-1-4-11-6-8/h1-6,14H,7H2. The zero-order valence-corrected chi connectivity index (χ0v) is 7.46. The zero-order valence-electron chi connectivity index (χ0n) is 7.46. The Morgan fingerprint density at radius 1 is 1.21 bits per heavy atom. The molecule has 0 unspecified atom stereocenters. The van der Waals surface area contributed by atoms with Crippen molar-refractivity contribution < 1.29 is 5.11 Å². The number of hydrogen-bond donors (Lipinski definition) is 1. The van der Waals surface area contributed by atoms with Gasteiger partial charge in [0, 0.05) is 24.2 Å². The van der Waals surface area contributed by atoms with Crippen LogP contribution >= 0.6 is 0 Å². The van der Waals surface area contributed by atoms with Gasteiger partial charge in [0.1, 0.15) is 6.61 Å². The van der Waals surface area contributed by atoms with Gasteiger partial charge in [0.05, 0.1) is 5.69 Å². The molecule has 0 spiro atoms. The number of aromatic nitrogens is 3. The molecule has 0 aromatic carbocycles. The van der Waals surface area contributed by atoms with Crippen LogP contribution in [0.1, 0.15) is 5.82 Å². The van der Waals surface area contributed by atoms with Crippen molar-refractivity contribution in [1.82, 2.24) is 15.0 Å². The van der Waals surface area contributed by atoms with Crippen molar-refractivity contribution in [2.24, 2.45) is 0 Å². The first-order chi connectivity index (χ1) is 6.90. The number of hydrogen-bond acceptors (Lipinski definition) is 4. The molecule has 2 aromatic heterocycles. The van der Waals surface area contributed by atoms with Gasteiger partial charge in [-0.2, -0.15) is 0 Å². The molecule has 1 N–H and O–H groups in total. The summed E-state index contributed by atoms with van der Waals surface area (Å²) in [4.78, 5) is 12.1. The molecule has 0 radical (unpaired) electrons. The van der Waals surface area contributed by atoms with Crippen LogP contribution in [0.2, 0.25) is 0 Å². The molecule has 0 aliphatic rings. The molecule has 14 heavy (non-hydrogen) atoms. The van der Waals surface area contributed by atoms with Crippen LogP contribution in [0, 0.1) is 0 Å². The lowest BCUT2D eigenvalue weighted by atomic mass is 10.2. The minimum atomic E-state index is -0.145. The second-order valence-corrected chi connectivity index (χ2v) is 2.76. The Morgan fingerprint density at radius 3 is 2.86 bits per heavy atom. The summed E-state index contributed by atoms with van der Waals surface area (Å²) in [6, 6.07) is 5.54. The lowest BCUT2D eigenvalue weighted by Gasteiger charge is -2.00. The molecule has 0 bridgehead atoms. The summed E-state index contributed by atoms with van der Waals surface area (Å²) in [5.41, 5.74) is 1.70. The monoisotopic (exact) mass is 187 g/mol. The fraction of sp³-hybridized carbons (Fsp3) is 0.100. The summed E-state index contributed by atoms with van der Waals surface area (Å²) >= 11 is 0. The zero-order chi connectivity index (χ0) is 9.80. The Bertz CT molecular complexity index is 417. The first kappa shape index (κ1) is 8.77. The van der Waals surface area contributed by atoms with Crippen LogP contribution in [0.3, 0.4) is 0 Å². The number of aliphatic hydroxyl groups is 1. The van der Waals surface area contributed by atoms with Crippen molar-refractivity contribution in [2.45, 2.75) is 6.61 Å². The summed E-state index contributed by atoms with van der Waals surface area (Å²) < 4.78 is 0. The van der Waals surface area contributed by atoms with E-state index in [0.29, 0.717) is 5.82 Å². The molecule has 2 heterocycles. The van der Waals surface area contributed by atoms with Crippen molar-refractivity contribution in [3.8, 4) is 11.3 Å². The predicted molar refractivity (Wildman–Crippen MR) is 51.2 cm³/mol. The van der Waals surface area contributed by atoms with Gasteiger partial charge in [-0.05, 0) is 18.2 Å². The van der Waals surface area contributed by atoms with E-state index >= 15 is 0 Å². The number of nitrogens with zero attached hydrogens (tertiary/aromatic N) is 3. The highest BCUT2D eigenvalue weighted by molar-refractivity contribution is 5.56. The van der Waals surface area contributed by atoms with Crippen molar-refractivity contribution in [3.05, 3.63) is 42.6 Å². The van der Waals surface area contributed by atoms with Crippen LogP contribution in [-0.2, 0) is 6.61 Å². The summed E-state index contributed by atoms with van der Waals surface area (Å²) in [7, 11) is 0. The van der Waals surface area contributed by atoms with E-state index < -0.39 is 0 Å². The number of pyridine rings is 1. The molecule has 70 valence electrons. The Morgan fingerprint density at radius 2 is 2.14 bits per heavy atom. The third kappa shape index (κ3) is 1.75. The van der Waals surface area contributed by atoms with Gasteiger partial charge in [0.2, 0.25) is 0 Å². The Labute approximate surface area is 81.3 Å². The molecule has 0 saturated heterocycles. The number of rotatable bonds is 2. The summed E-state index contributed by atoms with van der Waals surface area (Å²) in [5.74, 6) is 0.423. The highest BCUT2D eigenvalue weighted by atomic mass is 16.3. The summed E-state index contributed by atoms with van der Waals surface area (Å²) in [6.45, 7) is -0.145. The maximum atomic E-state index is 8.87. The van der Waals surface area contributed by atoms with Crippen LogP contribution in [0.15, 0.2) is 36.8 Å². The molecule has 4 nitrogen and oxygen atoms in total. The second-order valence-electron chi connectivity index (χ2n) is 2.76. The van der Waals surface area contributed by atoms with Gasteiger partial charge in [-0.25, -0.2) is 9.97 Å². The number of aliphatic hydroxyl groups excluding tert-OH is 1. The highest BCUT2D eigenvalue weighted by Gasteiger charge is 2.00. The van der Waals surface area contributed by atoms with Gasteiger partial charge in [-0.3, -0.25) is 4.98 Å². The lowest BCUT2D eigenvalue weighted by molar-refractivity contribution is 0.271. The minimum absolute atomic E-state index is 0.145. The molecule has 2 rings (SSSR count). The molecule has 4 heteroatoms. The van der Waals surface area contributed by atoms with Crippen LogP contribution in [0.25, 0.3) is 11.3 Å². The highest BCUT2D eigenvalue weighted by Crippen LogP contribution is 2.13. The third-order valence-corrected chi connectivity index (χ3v) is 1.80. The Balaban J connectivity index is 2.42. The van der Waals surface area contributed by atoms with Crippen molar-refractivity contribution in [2.75, 3.05) is 0 Å². The van der Waals surface area contributed by atoms with E-state index in [0.717, 1.165) is 11.3 Å². The smallest absolute Gasteiger partial charge is 0.154 e. The van der Waals surface area contributed by atoms with Gasteiger partial charge >= 0.3 is 0 Å². The lowest BCUT2D eigenvalue weighted by Crippen LogP contribution is -1.95. The SMILES string of the molecule is OCc1nccc(-c2cccnc2)n1. The van der Waals surface area contributed by atoms with E-state index in [2.05, 4.69) is 15.0 Å². The van der Waals surface area contributed by atoms with Gasteiger partial charge < -0.3 is 5.11 Å². The maximum Gasteiger partial charge on any atom is 0.154 e. The van der Waals surface area contributed by atoms with Crippen LogP contribution < -0.4 is 0 Å². The third-order valence-electron chi connectivity index (χ3n) is 1.80. The minimum Gasteiger partial charge on any atom is -0.388 e. The average molecular weight is 187 g/mol. The molecule has 0 atom stereocenters. The quantitative estimate of drug-likeness (QED) is 0.762. The van der Waals surface area contributed by atoms with E-state index in [-0.39, 0.29) is 6.61 Å². The van der Waals surface area contributed by atoms with Crippen LogP contribution in [-0.4, -0.2) is 20.1 Å². The van der Waals surface area contributed by atoms with Crippen molar-refractivity contribution in [3.63, 3.8) is 0 Å². The molecular weight excluding hydrogens is 178 g/mol. The summed E-state index contributed by atoms with van der Waals surface area (Å²) in [5, 5.41) is 8.87. The Hall–Kier alpha value is -1.81. The normalized spacial score (nSPS) is 10.1. The topological polar surface area (TPSA) is 58.9 Å². The molecule has 0 saturated carbocycles. The summed E-state index contributed by atoms with van der Waals surface area (Å²) in [6.07, 6.45) is 5.06. The van der Waals surface area contributed by atoms with Crippen LogP contribution in [0.5, 0.6) is 0 Å². The average Bonchev–Trinajstić information content (AvgIpc) is 2.30. The fourth-order valence-electron chi connectivity index (χ4n) is 1.15. The molecular formula is C10H9N3O. The second kappa shape index (κ2) is 3.93. The van der Waals surface area contributed by atoms with E-state index in [9.17, 15) is 0 Å². The molecule has 0 fully saturated rings. The predicted octanol–water partition coefficient (Wildman–Crippen LogP) is 1.03. The van der Waals surface area contributed by atoms with Crippen molar-refractivity contribution in [1.29, 1.82) is 0 Å². The largest absolute Gasteiger partial charge is 0.388 e. The molecule has 2 aromatic rings. The van der Waals surface area contributed by atoms with Gasteiger partial charge in [-0.1, -0.05) is 0 Å². The first-order valence-corrected chi connectivity index (χ1v) is 4.23. The van der Waals surface area contributed by atoms with E-state index in [1.165, 1.54) is 0 Å². The van der Waals surface area contributed by atoms with E-state index in [4.69, 9.17) is 5.11 Å². The van der Waals surface area contributed by atoms with E-state index in [1.807, 2.05) is 12.1 Å². The first-order valence-electron chi connectivity index (χ1n) is 4.23.